The van der Waals surface area contributed by atoms with E-state index in [2.05, 4.69) is 6.42 Å². The molecule has 0 unspecified atom stereocenters. The Kier molecular flexibility index (Phi) is 3.24. The van der Waals surface area contributed by atoms with Crippen molar-refractivity contribution in [1.82, 2.24) is 0 Å². The summed E-state index contributed by atoms with van der Waals surface area (Å²) >= 11 is 0. The zero-order chi connectivity index (χ0) is 13.2. The topological polar surface area (TPSA) is 9.23 Å². The minimum Gasteiger partial charge on any atom is -0.486 e. The van der Waals surface area contributed by atoms with Crippen LogP contribution in [-0.2, 0) is 13.0 Å². The molecule has 19 heavy (non-hydrogen) atoms. The molecule has 2 heteroatoms. The number of benzene rings is 2. The third-order valence-electron chi connectivity index (χ3n) is 3.53. The first-order valence-electron chi connectivity index (χ1n) is 6.57. The maximum Gasteiger partial charge on any atom is 0.168 e. The monoisotopic (exact) mass is 255 g/mol. The van der Waals surface area contributed by atoms with Crippen molar-refractivity contribution >= 4 is 0 Å². The Balaban J connectivity index is 1.85. The van der Waals surface area contributed by atoms with Gasteiger partial charge in [0.25, 0.3) is 0 Å². The zero-order valence-corrected chi connectivity index (χ0v) is 10.9. The molecule has 0 saturated carbocycles. The number of hydrogen-bond donors (Lipinski definition) is 0. The molecule has 1 radical (unpaired) electrons. The first-order chi connectivity index (χ1) is 9.25. The van der Waals surface area contributed by atoms with E-state index in [0.717, 1.165) is 35.1 Å². The van der Waals surface area contributed by atoms with E-state index in [0.29, 0.717) is 12.4 Å². The SMILES string of the molecule is Cc1cc2c(c(F)c1OCc1ccccc1)CC[CH]2. The average molecular weight is 255 g/mol. The van der Waals surface area contributed by atoms with E-state index in [1.807, 2.05) is 43.3 Å². The highest BCUT2D eigenvalue weighted by atomic mass is 19.1. The second kappa shape index (κ2) is 5.04. The Morgan fingerprint density at radius 3 is 2.79 bits per heavy atom. The zero-order valence-electron chi connectivity index (χ0n) is 10.9. The van der Waals surface area contributed by atoms with Crippen LogP contribution in [0.3, 0.4) is 0 Å². The quantitative estimate of drug-likeness (QED) is 0.798. The summed E-state index contributed by atoms with van der Waals surface area (Å²) in [5.74, 6) is 0.220. The van der Waals surface area contributed by atoms with Crippen LogP contribution in [0.15, 0.2) is 36.4 Å². The number of halogens is 1. The Morgan fingerprint density at radius 1 is 1.21 bits per heavy atom. The second-order valence-corrected chi connectivity index (χ2v) is 4.92. The second-order valence-electron chi connectivity index (χ2n) is 4.92. The molecule has 0 atom stereocenters. The molecular weight excluding hydrogens is 239 g/mol. The third kappa shape index (κ3) is 2.35. The fourth-order valence-electron chi connectivity index (χ4n) is 2.54. The van der Waals surface area contributed by atoms with Crippen LogP contribution in [0.4, 0.5) is 4.39 Å². The van der Waals surface area contributed by atoms with Gasteiger partial charge in [-0.3, -0.25) is 0 Å². The summed E-state index contributed by atoms with van der Waals surface area (Å²) in [5, 5.41) is 0. The summed E-state index contributed by atoms with van der Waals surface area (Å²) in [4.78, 5) is 0. The molecule has 2 aromatic carbocycles. The molecule has 0 aliphatic heterocycles. The van der Waals surface area contributed by atoms with Crippen LogP contribution in [0.5, 0.6) is 5.75 Å². The van der Waals surface area contributed by atoms with E-state index in [4.69, 9.17) is 4.74 Å². The molecule has 0 N–H and O–H groups in total. The fraction of sp³-hybridized carbons (Fsp3) is 0.235. The molecule has 1 aliphatic rings. The molecule has 0 aromatic heterocycles. The smallest absolute Gasteiger partial charge is 0.168 e. The van der Waals surface area contributed by atoms with Crippen molar-refractivity contribution in [3.63, 3.8) is 0 Å². The predicted octanol–water partition coefficient (Wildman–Crippen LogP) is 4.21. The number of rotatable bonds is 3. The van der Waals surface area contributed by atoms with Gasteiger partial charge in [0.1, 0.15) is 6.61 Å². The molecule has 0 bridgehead atoms. The minimum atomic E-state index is -0.181. The molecule has 0 saturated heterocycles. The van der Waals surface area contributed by atoms with E-state index in [-0.39, 0.29) is 5.82 Å². The summed E-state index contributed by atoms with van der Waals surface area (Å²) in [7, 11) is 0. The van der Waals surface area contributed by atoms with E-state index < -0.39 is 0 Å². The molecule has 2 aromatic rings. The molecular formula is C17H16FO. The van der Waals surface area contributed by atoms with Crippen LogP contribution in [0.25, 0.3) is 0 Å². The number of fused-ring (bicyclic) bond motifs is 1. The van der Waals surface area contributed by atoms with Crippen LogP contribution in [0, 0.1) is 19.2 Å². The predicted molar refractivity (Wildman–Crippen MR) is 73.6 cm³/mol. The van der Waals surface area contributed by atoms with Gasteiger partial charge in [0.05, 0.1) is 0 Å². The van der Waals surface area contributed by atoms with E-state index in [1.54, 1.807) is 0 Å². The Bertz CT molecular complexity index is 590. The van der Waals surface area contributed by atoms with Crippen molar-refractivity contribution in [2.75, 3.05) is 0 Å². The van der Waals surface area contributed by atoms with Gasteiger partial charge in [-0.25, -0.2) is 4.39 Å². The third-order valence-corrected chi connectivity index (χ3v) is 3.53. The average Bonchev–Trinajstić information content (AvgIpc) is 2.88. The highest BCUT2D eigenvalue weighted by Gasteiger charge is 2.21. The molecule has 0 fully saturated rings. The summed E-state index contributed by atoms with van der Waals surface area (Å²) in [6, 6.07) is 11.9. The van der Waals surface area contributed by atoms with E-state index >= 15 is 0 Å². The van der Waals surface area contributed by atoms with Gasteiger partial charge >= 0.3 is 0 Å². The number of ether oxygens (including phenoxy) is 1. The van der Waals surface area contributed by atoms with Gasteiger partial charge < -0.3 is 4.74 Å². The van der Waals surface area contributed by atoms with Crippen LogP contribution in [0.2, 0.25) is 0 Å². The maximum atomic E-state index is 14.4. The lowest BCUT2D eigenvalue weighted by Crippen LogP contribution is -2.02. The molecule has 0 heterocycles. The van der Waals surface area contributed by atoms with Crippen molar-refractivity contribution < 1.29 is 9.13 Å². The molecule has 3 rings (SSSR count). The van der Waals surface area contributed by atoms with Gasteiger partial charge in [-0.2, -0.15) is 0 Å². The van der Waals surface area contributed by atoms with Crippen LogP contribution in [-0.4, -0.2) is 0 Å². The van der Waals surface area contributed by atoms with Crippen LogP contribution in [0.1, 0.15) is 28.7 Å². The summed E-state index contributed by atoms with van der Waals surface area (Å²) in [6.45, 7) is 2.30. The number of hydrogen-bond acceptors (Lipinski definition) is 1. The van der Waals surface area contributed by atoms with Gasteiger partial charge in [-0.05, 0) is 48.4 Å². The Hall–Kier alpha value is -1.83. The lowest BCUT2D eigenvalue weighted by molar-refractivity contribution is 0.287. The molecule has 97 valence electrons. The van der Waals surface area contributed by atoms with Gasteiger partial charge in [0.2, 0.25) is 0 Å². The normalized spacial score (nSPS) is 13.4. The van der Waals surface area contributed by atoms with Crippen LogP contribution >= 0.6 is 0 Å². The first kappa shape index (κ1) is 12.2. The lowest BCUT2D eigenvalue weighted by atomic mass is 10.1. The van der Waals surface area contributed by atoms with Crippen molar-refractivity contribution in [3.8, 4) is 5.75 Å². The fourth-order valence-corrected chi connectivity index (χ4v) is 2.54. The largest absolute Gasteiger partial charge is 0.486 e. The standard InChI is InChI=1S/C17H16FO/c1-12-10-14-8-5-9-15(14)16(18)17(12)19-11-13-6-3-2-4-7-13/h2-4,6-8,10H,5,9,11H2,1H3. The summed E-state index contributed by atoms with van der Waals surface area (Å²) < 4.78 is 20.1. The first-order valence-corrected chi connectivity index (χ1v) is 6.57. The molecule has 0 amide bonds. The molecule has 0 spiro atoms. The summed E-state index contributed by atoms with van der Waals surface area (Å²) in [6.07, 6.45) is 3.80. The Labute approximate surface area is 113 Å². The highest BCUT2D eigenvalue weighted by molar-refractivity contribution is 5.49. The van der Waals surface area contributed by atoms with Gasteiger partial charge in [-0.1, -0.05) is 36.4 Å². The van der Waals surface area contributed by atoms with Gasteiger partial charge in [0.15, 0.2) is 11.6 Å². The lowest BCUT2D eigenvalue weighted by Gasteiger charge is -2.13. The van der Waals surface area contributed by atoms with Crippen molar-refractivity contribution in [2.45, 2.75) is 26.4 Å². The van der Waals surface area contributed by atoms with Crippen molar-refractivity contribution in [2.24, 2.45) is 0 Å². The summed E-state index contributed by atoms with van der Waals surface area (Å²) in [5.41, 5.74) is 3.74. The van der Waals surface area contributed by atoms with Crippen molar-refractivity contribution in [1.29, 1.82) is 0 Å². The number of aryl methyl sites for hydroxylation is 1. The molecule has 1 nitrogen and oxygen atoms in total. The van der Waals surface area contributed by atoms with Gasteiger partial charge in [0, 0.05) is 0 Å². The maximum absolute atomic E-state index is 14.4. The Morgan fingerprint density at radius 2 is 2.00 bits per heavy atom. The van der Waals surface area contributed by atoms with E-state index in [1.165, 1.54) is 0 Å². The van der Waals surface area contributed by atoms with E-state index in [9.17, 15) is 4.39 Å². The van der Waals surface area contributed by atoms with Gasteiger partial charge in [-0.15, -0.1) is 0 Å². The van der Waals surface area contributed by atoms with Crippen LogP contribution < -0.4 is 4.74 Å². The molecule has 1 aliphatic carbocycles. The van der Waals surface area contributed by atoms with Crippen molar-refractivity contribution in [3.05, 3.63) is 70.9 Å². The minimum absolute atomic E-state index is 0.181. The highest BCUT2D eigenvalue weighted by Crippen LogP contribution is 2.34.